The first-order chi connectivity index (χ1) is 14.9. The average Bonchev–Trinajstić information content (AvgIpc) is 2.72. The monoisotopic (exact) mass is 434 g/mol. The largest absolute Gasteiger partial charge is 0.326 e. The van der Waals surface area contributed by atoms with Crippen molar-refractivity contribution in [2.24, 2.45) is 0 Å². The number of benzene rings is 2. The van der Waals surface area contributed by atoms with Crippen molar-refractivity contribution in [1.29, 1.82) is 0 Å². The number of anilines is 2. The molecule has 158 valence electrons. The molecule has 0 spiro atoms. The maximum Gasteiger partial charge on any atom is 0.257 e. The summed E-state index contributed by atoms with van der Waals surface area (Å²) in [5, 5.41) is 5.84. The van der Waals surface area contributed by atoms with Gasteiger partial charge in [-0.2, -0.15) is 0 Å². The van der Waals surface area contributed by atoms with Crippen molar-refractivity contribution in [2.45, 2.75) is 37.1 Å². The van der Waals surface area contributed by atoms with Crippen molar-refractivity contribution >= 4 is 35.1 Å². The Labute approximate surface area is 183 Å². The summed E-state index contributed by atoms with van der Waals surface area (Å²) < 4.78 is 0. The van der Waals surface area contributed by atoms with Crippen LogP contribution in [0.2, 0.25) is 0 Å². The van der Waals surface area contributed by atoms with Crippen molar-refractivity contribution in [3.05, 3.63) is 81.1 Å². The lowest BCUT2D eigenvalue weighted by atomic mass is 9.92. The molecule has 2 aromatic carbocycles. The molecule has 1 atom stereocenters. The van der Waals surface area contributed by atoms with Crippen LogP contribution in [0, 0.1) is 13.8 Å². The highest BCUT2D eigenvalue weighted by atomic mass is 32.2. The molecule has 1 aliphatic heterocycles. The molecule has 2 heterocycles. The highest BCUT2D eigenvalue weighted by Crippen LogP contribution is 2.31. The van der Waals surface area contributed by atoms with E-state index in [1.807, 2.05) is 56.3 Å². The molecular weight excluding hydrogens is 412 g/mol. The molecule has 0 fully saturated rings. The molecule has 0 saturated carbocycles. The fourth-order valence-electron chi connectivity index (χ4n) is 3.43. The number of hydrogen-bond acceptors (Lipinski definition) is 5. The van der Waals surface area contributed by atoms with Gasteiger partial charge in [-0.15, -0.1) is 0 Å². The van der Waals surface area contributed by atoms with Gasteiger partial charge in [-0.1, -0.05) is 53.7 Å². The van der Waals surface area contributed by atoms with E-state index in [0.717, 1.165) is 11.1 Å². The third-order valence-electron chi connectivity index (χ3n) is 5.03. The standard InChI is InChI=1S/C23H22N4O3S/c1-13-6-8-15(9-7-13)12-31-23-26-20-19(22(30)27-23)17(11-18(28)25-20)21(29)24-16-5-3-4-14(2)10-16/h3-10,17H,11-12H2,1-2H3,(H,24,29)(H2,25,26,27,28,30). The number of hydrogen-bond donors (Lipinski definition) is 3. The van der Waals surface area contributed by atoms with Gasteiger partial charge in [0.25, 0.3) is 5.56 Å². The summed E-state index contributed by atoms with van der Waals surface area (Å²) in [6.07, 6.45) is -0.106. The summed E-state index contributed by atoms with van der Waals surface area (Å²) in [5.41, 5.74) is 3.65. The smallest absolute Gasteiger partial charge is 0.257 e. The van der Waals surface area contributed by atoms with Gasteiger partial charge in [0, 0.05) is 17.9 Å². The second kappa shape index (κ2) is 8.77. The van der Waals surface area contributed by atoms with Crippen LogP contribution >= 0.6 is 11.8 Å². The molecule has 1 aliphatic rings. The summed E-state index contributed by atoms with van der Waals surface area (Å²) >= 11 is 1.36. The predicted octanol–water partition coefficient (Wildman–Crippen LogP) is 3.74. The number of carbonyl (C=O) groups excluding carboxylic acids is 2. The molecule has 0 aliphatic carbocycles. The quantitative estimate of drug-likeness (QED) is 0.419. The molecule has 8 heteroatoms. The Hall–Kier alpha value is -3.39. The van der Waals surface area contributed by atoms with Gasteiger partial charge in [-0.25, -0.2) is 4.98 Å². The lowest BCUT2D eigenvalue weighted by molar-refractivity contribution is -0.123. The summed E-state index contributed by atoms with van der Waals surface area (Å²) in [6, 6.07) is 15.4. The van der Waals surface area contributed by atoms with E-state index in [-0.39, 0.29) is 23.7 Å². The van der Waals surface area contributed by atoms with Crippen molar-refractivity contribution in [2.75, 3.05) is 10.6 Å². The molecule has 0 saturated heterocycles. The van der Waals surface area contributed by atoms with E-state index in [4.69, 9.17) is 0 Å². The first-order valence-electron chi connectivity index (χ1n) is 9.89. The molecule has 1 aromatic heterocycles. The zero-order valence-corrected chi connectivity index (χ0v) is 18.0. The zero-order valence-electron chi connectivity index (χ0n) is 17.2. The minimum Gasteiger partial charge on any atom is -0.326 e. The summed E-state index contributed by atoms with van der Waals surface area (Å²) in [7, 11) is 0. The Kier molecular flexibility index (Phi) is 5.90. The van der Waals surface area contributed by atoms with Crippen molar-refractivity contribution in [3.63, 3.8) is 0 Å². The Balaban J connectivity index is 1.57. The van der Waals surface area contributed by atoms with Crippen LogP contribution in [-0.2, 0) is 15.3 Å². The molecule has 0 radical (unpaired) electrons. The number of nitrogens with zero attached hydrogens (tertiary/aromatic N) is 1. The number of H-pyrrole nitrogens is 1. The van der Waals surface area contributed by atoms with Crippen LogP contribution in [0.25, 0.3) is 0 Å². The minimum atomic E-state index is -0.906. The number of aromatic nitrogens is 2. The van der Waals surface area contributed by atoms with E-state index in [0.29, 0.717) is 16.6 Å². The first-order valence-corrected chi connectivity index (χ1v) is 10.9. The van der Waals surface area contributed by atoms with Crippen LogP contribution in [0.1, 0.15) is 34.6 Å². The number of carbonyl (C=O) groups is 2. The zero-order chi connectivity index (χ0) is 22.0. The minimum absolute atomic E-state index is 0.106. The van der Waals surface area contributed by atoms with Gasteiger partial charge in [0.15, 0.2) is 5.16 Å². The third-order valence-corrected chi connectivity index (χ3v) is 5.97. The molecular formula is C23H22N4O3S. The molecule has 4 rings (SSSR count). The number of amides is 2. The SMILES string of the molecule is Cc1ccc(CSc2nc3c(c(=O)[nH]2)C(C(=O)Nc2cccc(C)c2)CC(=O)N3)cc1. The summed E-state index contributed by atoms with van der Waals surface area (Å²) in [4.78, 5) is 45.1. The van der Waals surface area contributed by atoms with E-state index in [1.54, 1.807) is 6.07 Å². The van der Waals surface area contributed by atoms with Crippen LogP contribution in [0.5, 0.6) is 0 Å². The maximum atomic E-state index is 12.9. The Morgan fingerprint density at radius 1 is 1.13 bits per heavy atom. The van der Waals surface area contributed by atoms with Gasteiger partial charge in [-0.3, -0.25) is 14.4 Å². The number of nitrogens with one attached hydrogen (secondary N) is 3. The van der Waals surface area contributed by atoms with Crippen LogP contribution in [0.3, 0.4) is 0 Å². The van der Waals surface area contributed by atoms with E-state index < -0.39 is 17.4 Å². The summed E-state index contributed by atoms with van der Waals surface area (Å²) in [6.45, 7) is 3.94. The number of fused-ring (bicyclic) bond motifs is 1. The van der Waals surface area contributed by atoms with Gasteiger partial charge < -0.3 is 15.6 Å². The van der Waals surface area contributed by atoms with E-state index in [2.05, 4.69) is 20.6 Å². The highest BCUT2D eigenvalue weighted by Gasteiger charge is 2.34. The molecule has 2 amide bonds. The number of aryl methyl sites for hydroxylation is 2. The van der Waals surface area contributed by atoms with Gasteiger partial charge >= 0.3 is 0 Å². The Morgan fingerprint density at radius 3 is 2.65 bits per heavy atom. The molecule has 7 nitrogen and oxygen atoms in total. The lowest BCUT2D eigenvalue weighted by Crippen LogP contribution is -2.36. The van der Waals surface area contributed by atoms with Gasteiger partial charge in [0.1, 0.15) is 5.82 Å². The maximum absolute atomic E-state index is 12.9. The van der Waals surface area contributed by atoms with Crippen molar-refractivity contribution < 1.29 is 9.59 Å². The number of thioether (sulfide) groups is 1. The molecule has 1 unspecified atom stereocenters. The average molecular weight is 435 g/mol. The second-order valence-corrected chi connectivity index (χ2v) is 8.54. The molecule has 31 heavy (non-hydrogen) atoms. The first kappa shape index (κ1) is 20.9. The molecule has 3 aromatic rings. The topological polar surface area (TPSA) is 104 Å². The highest BCUT2D eigenvalue weighted by molar-refractivity contribution is 7.98. The van der Waals surface area contributed by atoms with E-state index in [9.17, 15) is 14.4 Å². The van der Waals surface area contributed by atoms with Gasteiger partial charge in [-0.05, 0) is 37.1 Å². The fraction of sp³-hybridized carbons (Fsp3) is 0.217. The normalized spacial score (nSPS) is 15.2. The predicted molar refractivity (Wildman–Crippen MR) is 121 cm³/mol. The van der Waals surface area contributed by atoms with Crippen LogP contribution in [0.15, 0.2) is 58.5 Å². The number of rotatable bonds is 5. The van der Waals surface area contributed by atoms with Gasteiger partial charge in [0.2, 0.25) is 11.8 Å². The van der Waals surface area contributed by atoms with Crippen molar-refractivity contribution in [3.8, 4) is 0 Å². The van der Waals surface area contributed by atoms with E-state index in [1.165, 1.54) is 17.3 Å². The molecule has 0 bridgehead atoms. The molecule has 3 N–H and O–H groups in total. The number of aromatic amines is 1. The fourth-order valence-corrected chi connectivity index (χ4v) is 4.25. The second-order valence-electron chi connectivity index (χ2n) is 7.57. The van der Waals surface area contributed by atoms with Crippen LogP contribution in [0.4, 0.5) is 11.5 Å². The van der Waals surface area contributed by atoms with Gasteiger partial charge in [0.05, 0.1) is 11.5 Å². The van der Waals surface area contributed by atoms with E-state index >= 15 is 0 Å². The summed E-state index contributed by atoms with van der Waals surface area (Å²) in [5.74, 6) is -0.890. The third kappa shape index (κ3) is 4.86. The Morgan fingerprint density at radius 2 is 1.90 bits per heavy atom. The Bertz CT molecular complexity index is 1200. The van der Waals surface area contributed by atoms with Crippen LogP contribution in [-0.4, -0.2) is 21.8 Å². The lowest BCUT2D eigenvalue weighted by Gasteiger charge is -2.23. The van der Waals surface area contributed by atoms with Crippen LogP contribution < -0.4 is 16.2 Å². The van der Waals surface area contributed by atoms with Crippen molar-refractivity contribution in [1.82, 2.24) is 9.97 Å².